The number of hydrogen-bond acceptors (Lipinski definition) is 3. The van der Waals surface area contributed by atoms with E-state index in [1.54, 1.807) is 25.1 Å². The Bertz CT molecular complexity index is 960. The molecule has 0 heterocycles. The summed E-state index contributed by atoms with van der Waals surface area (Å²) in [6.45, 7) is 8.02. The van der Waals surface area contributed by atoms with Crippen LogP contribution in [0.4, 0.5) is 0 Å². The lowest BCUT2D eigenvalue weighted by Crippen LogP contribution is -2.48. The largest absolute Gasteiger partial charge is 0.483 e. The van der Waals surface area contributed by atoms with Crippen molar-refractivity contribution in [3.8, 4) is 5.75 Å². The third kappa shape index (κ3) is 6.86. The zero-order valence-corrected chi connectivity index (χ0v) is 21.4. The molecule has 2 aromatic rings. The highest BCUT2D eigenvalue weighted by Gasteiger charge is 2.26. The molecule has 0 saturated heterocycles. The van der Waals surface area contributed by atoms with Gasteiger partial charge in [0.25, 0.3) is 5.91 Å². The minimum absolute atomic E-state index is 0.00350. The van der Waals surface area contributed by atoms with E-state index in [2.05, 4.69) is 42.0 Å². The van der Waals surface area contributed by atoms with E-state index in [0.717, 1.165) is 15.6 Å². The van der Waals surface area contributed by atoms with Crippen molar-refractivity contribution < 1.29 is 14.3 Å². The highest BCUT2D eigenvalue weighted by Crippen LogP contribution is 2.31. The van der Waals surface area contributed by atoms with Crippen molar-refractivity contribution in [2.45, 2.75) is 45.7 Å². The fourth-order valence-corrected chi connectivity index (χ4v) is 3.75. The Kier molecular flexibility index (Phi) is 8.81. The number of nitrogens with one attached hydrogen (secondary N) is 1. The Balaban J connectivity index is 2.19. The van der Waals surface area contributed by atoms with E-state index in [1.165, 1.54) is 11.9 Å². The van der Waals surface area contributed by atoms with Gasteiger partial charge in [0.2, 0.25) is 5.91 Å². The molecule has 0 aliphatic carbocycles. The van der Waals surface area contributed by atoms with Crippen LogP contribution in [0.5, 0.6) is 5.75 Å². The fourth-order valence-electron chi connectivity index (χ4n) is 2.93. The molecule has 1 unspecified atom stereocenters. The lowest BCUT2D eigenvalue weighted by atomic mass is 9.87. The van der Waals surface area contributed by atoms with Gasteiger partial charge in [-0.2, -0.15) is 0 Å². The van der Waals surface area contributed by atoms with Gasteiger partial charge >= 0.3 is 0 Å². The maximum Gasteiger partial charge on any atom is 0.261 e. The van der Waals surface area contributed by atoms with Gasteiger partial charge < -0.3 is 15.0 Å². The minimum atomic E-state index is -0.692. The normalized spacial score (nSPS) is 12.3. The quantitative estimate of drug-likeness (QED) is 0.508. The lowest BCUT2D eigenvalue weighted by Gasteiger charge is -2.28. The molecule has 0 saturated carbocycles. The van der Waals surface area contributed by atoms with Gasteiger partial charge in [-0.05, 0) is 63.7 Å². The van der Waals surface area contributed by atoms with Crippen molar-refractivity contribution in [3.63, 3.8) is 0 Å². The van der Waals surface area contributed by atoms with Crippen LogP contribution >= 0.6 is 39.1 Å². The Morgan fingerprint density at radius 3 is 2.35 bits per heavy atom. The van der Waals surface area contributed by atoms with Gasteiger partial charge in [-0.25, -0.2) is 0 Å². The number of rotatable bonds is 7. The number of carbonyl (C=O) groups is 2. The summed E-state index contributed by atoms with van der Waals surface area (Å²) in [5.74, 6) is -0.0403. The molecule has 0 radical (unpaired) electrons. The Hall–Kier alpha value is -1.76. The standard InChI is InChI=1S/C23H27BrCl2N2O3/c1-14(22(30)27-5)28(12-15-6-8-18(25)19(26)10-15)21(29)13-31-20-9-7-16(11-17(20)24)23(2,3)4/h6-11,14H,12-13H2,1-5H3,(H,27,30). The third-order valence-electron chi connectivity index (χ3n) is 4.90. The van der Waals surface area contributed by atoms with Crippen LogP contribution in [0.15, 0.2) is 40.9 Å². The Morgan fingerprint density at radius 2 is 1.81 bits per heavy atom. The monoisotopic (exact) mass is 528 g/mol. The molecule has 5 nitrogen and oxygen atoms in total. The van der Waals surface area contributed by atoms with Crippen molar-refractivity contribution >= 4 is 50.9 Å². The molecule has 168 valence electrons. The van der Waals surface area contributed by atoms with Crippen LogP contribution in [0.1, 0.15) is 38.8 Å². The SMILES string of the molecule is CNC(=O)C(C)N(Cc1ccc(Cl)c(Cl)c1)C(=O)COc1ccc(C(C)(C)C)cc1Br. The molecule has 2 rings (SSSR count). The topological polar surface area (TPSA) is 58.6 Å². The van der Waals surface area contributed by atoms with Crippen LogP contribution < -0.4 is 10.1 Å². The number of ether oxygens (including phenoxy) is 1. The van der Waals surface area contributed by atoms with E-state index in [1.807, 2.05) is 18.2 Å². The van der Waals surface area contributed by atoms with Crippen LogP contribution in [0.2, 0.25) is 10.0 Å². The fraction of sp³-hybridized carbons (Fsp3) is 0.391. The number of benzene rings is 2. The number of nitrogens with zero attached hydrogens (tertiary/aromatic N) is 1. The summed E-state index contributed by atoms with van der Waals surface area (Å²) in [6.07, 6.45) is 0. The molecule has 8 heteroatoms. The molecule has 1 atom stereocenters. The van der Waals surface area contributed by atoms with E-state index >= 15 is 0 Å². The number of amides is 2. The van der Waals surface area contributed by atoms with Crippen molar-refractivity contribution in [1.82, 2.24) is 10.2 Å². The van der Waals surface area contributed by atoms with Crippen molar-refractivity contribution in [2.24, 2.45) is 0 Å². The van der Waals surface area contributed by atoms with E-state index in [4.69, 9.17) is 27.9 Å². The van der Waals surface area contributed by atoms with Gasteiger partial charge in [0, 0.05) is 13.6 Å². The van der Waals surface area contributed by atoms with Crippen molar-refractivity contribution in [3.05, 3.63) is 62.0 Å². The smallest absolute Gasteiger partial charge is 0.261 e. The van der Waals surface area contributed by atoms with Gasteiger partial charge in [0.15, 0.2) is 6.61 Å². The van der Waals surface area contributed by atoms with Gasteiger partial charge in [0.1, 0.15) is 11.8 Å². The van der Waals surface area contributed by atoms with Gasteiger partial charge in [-0.3, -0.25) is 9.59 Å². The highest BCUT2D eigenvalue weighted by molar-refractivity contribution is 9.10. The predicted molar refractivity (Wildman–Crippen MR) is 129 cm³/mol. The van der Waals surface area contributed by atoms with Crippen LogP contribution in [-0.2, 0) is 21.5 Å². The number of likely N-dealkylation sites (N-methyl/N-ethyl adjacent to an activating group) is 1. The minimum Gasteiger partial charge on any atom is -0.483 e. The number of halogens is 3. The van der Waals surface area contributed by atoms with Crippen LogP contribution in [0, 0.1) is 0 Å². The lowest BCUT2D eigenvalue weighted by molar-refractivity contribution is -0.142. The molecule has 1 N–H and O–H groups in total. The summed E-state index contributed by atoms with van der Waals surface area (Å²) in [5.41, 5.74) is 1.90. The second-order valence-corrected chi connectivity index (χ2v) is 9.91. The zero-order valence-electron chi connectivity index (χ0n) is 18.3. The summed E-state index contributed by atoms with van der Waals surface area (Å²) in [6, 6.07) is 10.2. The summed E-state index contributed by atoms with van der Waals surface area (Å²) >= 11 is 15.6. The average Bonchev–Trinajstić information content (AvgIpc) is 2.71. The van der Waals surface area contributed by atoms with Gasteiger partial charge in [-0.15, -0.1) is 0 Å². The second kappa shape index (κ2) is 10.7. The summed E-state index contributed by atoms with van der Waals surface area (Å²) < 4.78 is 6.54. The molecule has 0 spiro atoms. The first-order chi connectivity index (χ1) is 14.4. The highest BCUT2D eigenvalue weighted by atomic mass is 79.9. The van der Waals surface area contributed by atoms with Crippen LogP contribution in [0.3, 0.4) is 0 Å². The molecule has 0 fully saturated rings. The van der Waals surface area contributed by atoms with E-state index in [0.29, 0.717) is 15.8 Å². The number of hydrogen-bond donors (Lipinski definition) is 1. The maximum atomic E-state index is 13.0. The Labute approximate surface area is 202 Å². The first-order valence-electron chi connectivity index (χ1n) is 9.82. The first kappa shape index (κ1) is 25.5. The summed E-state index contributed by atoms with van der Waals surface area (Å²) in [4.78, 5) is 26.7. The maximum absolute atomic E-state index is 13.0. The molecule has 2 aromatic carbocycles. The second-order valence-electron chi connectivity index (χ2n) is 8.24. The molecule has 2 amide bonds. The third-order valence-corrected chi connectivity index (χ3v) is 6.26. The van der Waals surface area contributed by atoms with Gasteiger partial charge in [-0.1, -0.05) is 56.1 Å². The molecule has 0 aromatic heterocycles. The van der Waals surface area contributed by atoms with Crippen molar-refractivity contribution in [2.75, 3.05) is 13.7 Å². The molecular weight excluding hydrogens is 503 g/mol. The van der Waals surface area contributed by atoms with Gasteiger partial charge in [0.05, 0.1) is 14.5 Å². The van der Waals surface area contributed by atoms with E-state index in [-0.39, 0.29) is 30.4 Å². The van der Waals surface area contributed by atoms with Crippen LogP contribution in [0.25, 0.3) is 0 Å². The predicted octanol–water partition coefficient (Wildman–Crippen LogP) is 5.60. The molecule has 0 aliphatic rings. The summed E-state index contributed by atoms with van der Waals surface area (Å²) in [5, 5.41) is 3.39. The first-order valence-corrected chi connectivity index (χ1v) is 11.4. The molecule has 0 aliphatic heterocycles. The molecular formula is C23H27BrCl2N2O3. The zero-order chi connectivity index (χ0) is 23.3. The summed E-state index contributed by atoms with van der Waals surface area (Å²) in [7, 11) is 1.53. The number of carbonyl (C=O) groups excluding carboxylic acids is 2. The molecule has 0 bridgehead atoms. The van der Waals surface area contributed by atoms with E-state index in [9.17, 15) is 9.59 Å². The Morgan fingerprint density at radius 1 is 1.13 bits per heavy atom. The average molecular weight is 530 g/mol. The van der Waals surface area contributed by atoms with E-state index < -0.39 is 6.04 Å². The van der Waals surface area contributed by atoms with Crippen molar-refractivity contribution in [1.29, 1.82) is 0 Å². The van der Waals surface area contributed by atoms with Crippen LogP contribution in [-0.4, -0.2) is 36.4 Å². The molecule has 31 heavy (non-hydrogen) atoms.